The highest BCUT2D eigenvalue weighted by Gasteiger charge is 2.87. The Hall–Kier alpha value is -1.68. The lowest BCUT2D eigenvalue weighted by Crippen LogP contribution is -2.67. The van der Waals surface area contributed by atoms with Gasteiger partial charge in [-0.15, -0.1) is 0 Å². The van der Waals surface area contributed by atoms with E-state index < -0.39 is 42.1 Å². The quantitative estimate of drug-likeness (QED) is 0.322. The van der Waals surface area contributed by atoms with E-state index in [-0.39, 0.29) is 10.6 Å². The first-order valence-corrected chi connectivity index (χ1v) is 11.2. The van der Waals surface area contributed by atoms with Crippen LogP contribution in [0.1, 0.15) is 0 Å². The van der Waals surface area contributed by atoms with Crippen molar-refractivity contribution in [3.05, 3.63) is 60.7 Å². The molecule has 0 saturated carbocycles. The molecule has 0 fully saturated rings. The summed E-state index contributed by atoms with van der Waals surface area (Å²) in [5.41, 5.74) is 0. The molecule has 0 aliphatic carbocycles. The highest BCUT2D eigenvalue weighted by Crippen LogP contribution is 2.60. The first kappa shape index (κ1) is 25.6. The summed E-state index contributed by atoms with van der Waals surface area (Å²) >= 11 is 5.18. The van der Waals surface area contributed by atoms with Crippen LogP contribution in [0.25, 0.3) is 0 Å². The van der Waals surface area contributed by atoms with Crippen molar-refractivity contribution in [1.82, 2.24) is 0 Å². The molecule has 2 aromatic rings. The Bertz CT molecular complexity index is 896. The van der Waals surface area contributed by atoms with Gasteiger partial charge in [-0.3, -0.25) is 0 Å². The van der Waals surface area contributed by atoms with Crippen molar-refractivity contribution in [2.45, 2.75) is 29.9 Å². The van der Waals surface area contributed by atoms with Gasteiger partial charge in [-0.05, 0) is 10.6 Å². The van der Waals surface area contributed by atoms with Gasteiger partial charge in [0.25, 0.3) is 0 Å². The van der Waals surface area contributed by atoms with Gasteiger partial charge in [0.05, 0.1) is 6.16 Å². The van der Waals surface area contributed by atoms with Crippen LogP contribution in [0.2, 0.25) is 0 Å². The summed E-state index contributed by atoms with van der Waals surface area (Å²) in [6.07, 6.45) is -9.45. The molecule has 0 aliphatic heterocycles. The van der Waals surface area contributed by atoms with Crippen LogP contribution >= 0.6 is 6.04 Å². The Kier molecular flexibility index (Phi) is 6.62. The lowest BCUT2D eigenvalue weighted by Gasteiger charge is -2.39. The number of alkyl halides is 11. The minimum Gasteiger partial charge on any atom is -0.199 e. The van der Waals surface area contributed by atoms with E-state index in [2.05, 4.69) is 0 Å². The molecular weight excluding hydrogens is 488 g/mol. The van der Waals surface area contributed by atoms with Crippen molar-refractivity contribution in [3.63, 3.8) is 0 Å². The normalized spacial score (nSPS) is 14.5. The highest BCUT2D eigenvalue weighted by molar-refractivity contribution is 8.22. The second kappa shape index (κ2) is 8.03. The first-order valence-electron chi connectivity index (χ1n) is 8.20. The van der Waals surface area contributed by atoms with Crippen molar-refractivity contribution >= 4 is 28.5 Å². The molecule has 2 aromatic carbocycles. The van der Waals surface area contributed by atoms with Crippen molar-refractivity contribution < 1.29 is 48.3 Å². The number of benzene rings is 2. The monoisotopic (exact) mass is 500 g/mol. The van der Waals surface area contributed by atoms with E-state index in [0.717, 1.165) is 24.3 Å². The smallest absolute Gasteiger partial charge is 0.199 e. The predicted molar refractivity (Wildman–Crippen MR) is 97.1 cm³/mol. The van der Waals surface area contributed by atoms with Gasteiger partial charge in [0, 0.05) is 6.04 Å². The number of hydrogen-bond acceptors (Lipinski definition) is 1. The number of halogens is 11. The molecule has 0 spiro atoms. The molecular formula is C18H12F11PS. The van der Waals surface area contributed by atoms with Crippen LogP contribution in [0.4, 0.5) is 48.3 Å². The second-order valence-corrected chi connectivity index (χ2v) is 11.2. The van der Waals surface area contributed by atoms with Gasteiger partial charge >= 0.3 is 29.9 Å². The maximum Gasteiger partial charge on any atom is 0.460 e. The van der Waals surface area contributed by atoms with Crippen LogP contribution in [-0.4, -0.2) is 36.0 Å². The molecule has 0 saturated heterocycles. The Morgan fingerprint density at radius 2 is 0.903 bits per heavy atom. The van der Waals surface area contributed by atoms with E-state index in [0.29, 0.717) is 0 Å². The average Bonchev–Trinajstić information content (AvgIpc) is 2.67. The van der Waals surface area contributed by atoms with Gasteiger partial charge in [0.15, 0.2) is 0 Å². The molecule has 172 valence electrons. The zero-order valence-electron chi connectivity index (χ0n) is 15.0. The van der Waals surface area contributed by atoms with Crippen LogP contribution in [-0.2, 0) is 11.8 Å². The van der Waals surface area contributed by atoms with Crippen LogP contribution in [0.3, 0.4) is 0 Å². The molecule has 0 nitrogen and oxygen atoms in total. The summed E-state index contributed by atoms with van der Waals surface area (Å²) in [6.45, 7) is 0. The van der Waals surface area contributed by atoms with Crippen molar-refractivity contribution in [1.29, 1.82) is 0 Å². The third-order valence-corrected chi connectivity index (χ3v) is 9.13. The predicted octanol–water partition coefficient (Wildman–Crippen LogP) is 6.22. The molecule has 0 amide bonds. The fourth-order valence-electron chi connectivity index (χ4n) is 2.65. The van der Waals surface area contributed by atoms with Gasteiger partial charge in [0.1, 0.15) is 0 Å². The van der Waals surface area contributed by atoms with Gasteiger partial charge in [-0.25, -0.2) is 0 Å². The minimum atomic E-state index is -7.45. The Labute approximate surface area is 174 Å². The summed E-state index contributed by atoms with van der Waals surface area (Å²) in [6, 6.07) is 8.57. The van der Waals surface area contributed by atoms with Crippen LogP contribution in [0.15, 0.2) is 60.7 Å². The maximum atomic E-state index is 14.5. The van der Waals surface area contributed by atoms with Gasteiger partial charge < -0.3 is 0 Å². The van der Waals surface area contributed by atoms with Crippen molar-refractivity contribution in [2.24, 2.45) is 0 Å². The molecule has 0 aromatic heterocycles. The highest BCUT2D eigenvalue weighted by atomic mass is 32.4. The van der Waals surface area contributed by atoms with Gasteiger partial charge in [-0.2, -0.15) is 48.3 Å². The van der Waals surface area contributed by atoms with Crippen molar-refractivity contribution in [2.75, 3.05) is 6.16 Å². The molecule has 0 aliphatic rings. The lowest BCUT2D eigenvalue weighted by atomic mass is 9.99. The van der Waals surface area contributed by atoms with Crippen LogP contribution in [0, 0.1) is 0 Å². The molecule has 2 rings (SSSR count). The zero-order valence-corrected chi connectivity index (χ0v) is 16.7. The summed E-state index contributed by atoms with van der Waals surface area (Å²) in [5.74, 6) is -28.0. The van der Waals surface area contributed by atoms with Gasteiger partial charge in [-0.1, -0.05) is 72.5 Å². The first-order chi connectivity index (χ1) is 13.9. The summed E-state index contributed by atoms with van der Waals surface area (Å²) < 4.78 is 147. The van der Waals surface area contributed by atoms with E-state index >= 15 is 0 Å². The molecule has 0 bridgehead atoms. The lowest BCUT2D eigenvalue weighted by molar-refractivity contribution is -0.419. The maximum absolute atomic E-state index is 14.5. The average molecular weight is 500 g/mol. The molecule has 13 heteroatoms. The SMILES string of the molecule is FC(F)(F)C(F)(F)C(F)(F)C(F)(F)C(F)(F)CP(=S)(c1ccccc1)c1ccccc1. The minimum absolute atomic E-state index is 0.141. The molecule has 0 N–H and O–H groups in total. The number of rotatable bonds is 7. The summed E-state index contributed by atoms with van der Waals surface area (Å²) in [4.78, 5) is 0. The van der Waals surface area contributed by atoms with Gasteiger partial charge in [0.2, 0.25) is 0 Å². The van der Waals surface area contributed by atoms with Crippen LogP contribution in [0.5, 0.6) is 0 Å². The van der Waals surface area contributed by atoms with E-state index in [4.69, 9.17) is 11.8 Å². The van der Waals surface area contributed by atoms with Crippen molar-refractivity contribution in [3.8, 4) is 0 Å². The van der Waals surface area contributed by atoms with E-state index in [9.17, 15) is 48.3 Å². The molecule has 0 atom stereocenters. The fourth-order valence-corrected chi connectivity index (χ4v) is 6.60. The summed E-state index contributed by atoms with van der Waals surface area (Å²) in [5, 5.41) is -0.282. The third kappa shape index (κ3) is 4.20. The van der Waals surface area contributed by atoms with E-state index in [1.54, 1.807) is 0 Å². The van der Waals surface area contributed by atoms with E-state index in [1.165, 1.54) is 36.4 Å². The summed E-state index contributed by atoms with van der Waals surface area (Å²) in [7, 11) is 0. The molecule has 0 unspecified atom stereocenters. The molecule has 31 heavy (non-hydrogen) atoms. The Balaban J connectivity index is 2.63. The fraction of sp³-hybridized carbons (Fsp3) is 0.333. The Morgan fingerprint density at radius 1 is 0.548 bits per heavy atom. The molecule has 0 radical (unpaired) electrons. The van der Waals surface area contributed by atoms with E-state index in [1.807, 2.05) is 0 Å². The standard InChI is InChI=1S/C18H12F11PS/c19-14(20,15(21,22)16(23,24)17(25,26)18(27,28)29)11-30(31,12-7-3-1-4-8-12)13-9-5-2-6-10-13/h1-10H,11H2. The molecule has 0 heterocycles. The van der Waals surface area contributed by atoms with Crippen LogP contribution < -0.4 is 10.6 Å². The second-order valence-electron chi connectivity index (χ2n) is 6.49. The number of hydrogen-bond donors (Lipinski definition) is 0. The zero-order chi connectivity index (χ0) is 23.9. The Morgan fingerprint density at radius 3 is 1.23 bits per heavy atom. The largest absolute Gasteiger partial charge is 0.460 e. The topological polar surface area (TPSA) is 0 Å². The third-order valence-electron chi connectivity index (χ3n) is 4.37.